The number of esters is 2. The van der Waals surface area contributed by atoms with Crippen LogP contribution in [0.1, 0.15) is 56.3 Å². The first kappa shape index (κ1) is 24.9. The Hall–Kier alpha value is -2.16. The van der Waals surface area contributed by atoms with Gasteiger partial charge in [0.25, 0.3) is 0 Å². The Balaban J connectivity index is 2.06. The standard InChI is InChI=1S/C21H33NO7/c1-3-26-20(23)12-7-5-6-8-13-25-16-29-19(22)15-28-18-11-9-10-17(14-18)21(24)27-4-2/h9-11,14,19H,3-8,12-13,15-16,22H2,1-2H3. The minimum atomic E-state index is -0.647. The van der Waals surface area contributed by atoms with E-state index in [2.05, 4.69) is 0 Å². The van der Waals surface area contributed by atoms with Crippen molar-refractivity contribution in [3.63, 3.8) is 0 Å². The van der Waals surface area contributed by atoms with Crippen LogP contribution < -0.4 is 10.5 Å². The van der Waals surface area contributed by atoms with Gasteiger partial charge in [-0.1, -0.05) is 18.9 Å². The first-order chi connectivity index (χ1) is 14.1. The molecule has 0 saturated carbocycles. The Morgan fingerprint density at radius 1 is 1.03 bits per heavy atom. The average Bonchev–Trinajstić information content (AvgIpc) is 2.71. The van der Waals surface area contributed by atoms with E-state index in [0.717, 1.165) is 25.7 Å². The van der Waals surface area contributed by atoms with Crippen molar-refractivity contribution in [2.45, 2.75) is 52.2 Å². The molecule has 0 heterocycles. The molecule has 0 aromatic heterocycles. The molecule has 0 aliphatic rings. The van der Waals surface area contributed by atoms with E-state index in [1.54, 1.807) is 38.1 Å². The summed E-state index contributed by atoms with van der Waals surface area (Å²) in [5.74, 6) is -0.0212. The number of benzene rings is 1. The summed E-state index contributed by atoms with van der Waals surface area (Å²) >= 11 is 0. The van der Waals surface area contributed by atoms with Gasteiger partial charge in [-0.15, -0.1) is 0 Å². The lowest BCUT2D eigenvalue weighted by atomic mass is 10.1. The van der Waals surface area contributed by atoms with Gasteiger partial charge >= 0.3 is 11.9 Å². The van der Waals surface area contributed by atoms with Crippen LogP contribution in [0.3, 0.4) is 0 Å². The number of hydrogen-bond acceptors (Lipinski definition) is 8. The number of ether oxygens (including phenoxy) is 5. The number of unbranched alkanes of at least 4 members (excludes halogenated alkanes) is 3. The second-order valence-electron chi connectivity index (χ2n) is 6.26. The Labute approximate surface area is 172 Å². The van der Waals surface area contributed by atoms with Gasteiger partial charge in [0.2, 0.25) is 0 Å². The highest BCUT2D eigenvalue weighted by Gasteiger charge is 2.09. The highest BCUT2D eigenvalue weighted by atomic mass is 16.7. The lowest BCUT2D eigenvalue weighted by Gasteiger charge is -2.14. The van der Waals surface area contributed by atoms with Crippen molar-refractivity contribution in [2.75, 3.05) is 33.2 Å². The third-order valence-corrected chi connectivity index (χ3v) is 3.85. The second-order valence-corrected chi connectivity index (χ2v) is 6.26. The average molecular weight is 411 g/mol. The molecule has 1 aromatic rings. The lowest BCUT2D eigenvalue weighted by Crippen LogP contribution is -2.31. The number of carbonyl (C=O) groups excluding carboxylic acids is 2. The predicted octanol–water partition coefficient (Wildman–Crippen LogP) is 3.03. The first-order valence-electron chi connectivity index (χ1n) is 10.1. The van der Waals surface area contributed by atoms with Crippen molar-refractivity contribution < 1.29 is 33.3 Å². The van der Waals surface area contributed by atoms with E-state index in [1.807, 2.05) is 0 Å². The molecule has 0 amide bonds. The zero-order valence-corrected chi connectivity index (χ0v) is 17.4. The van der Waals surface area contributed by atoms with Crippen molar-refractivity contribution in [3.05, 3.63) is 29.8 Å². The molecule has 1 rings (SSSR count). The molecule has 0 radical (unpaired) electrons. The van der Waals surface area contributed by atoms with Crippen LogP contribution in [-0.2, 0) is 23.7 Å². The van der Waals surface area contributed by atoms with Gasteiger partial charge < -0.3 is 29.4 Å². The monoisotopic (exact) mass is 411 g/mol. The van der Waals surface area contributed by atoms with Crippen LogP contribution in [0.2, 0.25) is 0 Å². The van der Waals surface area contributed by atoms with E-state index in [4.69, 9.17) is 29.4 Å². The van der Waals surface area contributed by atoms with Gasteiger partial charge in [-0.3, -0.25) is 4.79 Å². The Morgan fingerprint density at radius 2 is 1.79 bits per heavy atom. The summed E-state index contributed by atoms with van der Waals surface area (Å²) in [4.78, 5) is 22.9. The summed E-state index contributed by atoms with van der Waals surface area (Å²) in [6.07, 6.45) is 3.47. The van der Waals surface area contributed by atoms with Crippen LogP contribution in [0, 0.1) is 0 Å². The van der Waals surface area contributed by atoms with Gasteiger partial charge in [0, 0.05) is 13.0 Å². The second kappa shape index (κ2) is 15.7. The SMILES string of the molecule is CCOC(=O)CCCCCCOCOC(N)COc1cccc(C(=O)OCC)c1. The molecule has 0 aliphatic heterocycles. The molecule has 1 aromatic carbocycles. The molecule has 0 aliphatic carbocycles. The molecule has 2 N–H and O–H groups in total. The lowest BCUT2D eigenvalue weighted by molar-refractivity contribution is -0.143. The highest BCUT2D eigenvalue weighted by Crippen LogP contribution is 2.14. The minimum Gasteiger partial charge on any atom is -0.489 e. The van der Waals surface area contributed by atoms with Crippen molar-refractivity contribution in [3.8, 4) is 5.75 Å². The Bertz CT molecular complexity index is 594. The molecule has 0 fully saturated rings. The van der Waals surface area contributed by atoms with Crippen molar-refractivity contribution in [1.82, 2.24) is 0 Å². The topological polar surface area (TPSA) is 106 Å². The number of rotatable bonds is 16. The fourth-order valence-corrected chi connectivity index (χ4v) is 2.41. The summed E-state index contributed by atoms with van der Waals surface area (Å²) < 4.78 is 26.1. The molecule has 29 heavy (non-hydrogen) atoms. The number of nitrogens with two attached hydrogens (primary N) is 1. The molecular formula is C21H33NO7. The summed E-state index contributed by atoms with van der Waals surface area (Å²) in [7, 11) is 0. The minimum absolute atomic E-state index is 0.0796. The van der Waals surface area contributed by atoms with Gasteiger partial charge in [0.05, 0.1) is 18.8 Å². The van der Waals surface area contributed by atoms with E-state index in [0.29, 0.717) is 37.6 Å². The molecule has 164 valence electrons. The van der Waals surface area contributed by atoms with Crippen molar-refractivity contribution >= 4 is 11.9 Å². The third kappa shape index (κ3) is 12.1. The fourth-order valence-electron chi connectivity index (χ4n) is 2.41. The van der Waals surface area contributed by atoms with E-state index >= 15 is 0 Å². The van der Waals surface area contributed by atoms with Crippen LogP contribution >= 0.6 is 0 Å². The van der Waals surface area contributed by atoms with Crippen LogP contribution in [0.25, 0.3) is 0 Å². The van der Waals surface area contributed by atoms with Crippen LogP contribution in [0.5, 0.6) is 5.75 Å². The smallest absolute Gasteiger partial charge is 0.338 e. The maximum atomic E-state index is 11.7. The molecule has 0 spiro atoms. The first-order valence-corrected chi connectivity index (χ1v) is 10.1. The fraction of sp³-hybridized carbons (Fsp3) is 0.619. The van der Waals surface area contributed by atoms with E-state index in [1.165, 1.54) is 0 Å². The van der Waals surface area contributed by atoms with Crippen LogP contribution in [0.15, 0.2) is 24.3 Å². The predicted molar refractivity (Wildman–Crippen MR) is 107 cm³/mol. The van der Waals surface area contributed by atoms with Crippen molar-refractivity contribution in [1.29, 1.82) is 0 Å². The largest absolute Gasteiger partial charge is 0.489 e. The maximum Gasteiger partial charge on any atom is 0.338 e. The van der Waals surface area contributed by atoms with E-state index in [-0.39, 0.29) is 19.4 Å². The molecule has 0 bridgehead atoms. The molecule has 0 saturated heterocycles. The summed E-state index contributed by atoms with van der Waals surface area (Å²) in [6, 6.07) is 6.70. The quantitative estimate of drug-likeness (QED) is 0.251. The third-order valence-electron chi connectivity index (χ3n) is 3.85. The Kier molecular flexibility index (Phi) is 13.5. The van der Waals surface area contributed by atoms with Crippen molar-refractivity contribution in [2.24, 2.45) is 5.73 Å². The molecular weight excluding hydrogens is 378 g/mol. The molecule has 8 heteroatoms. The normalized spacial score (nSPS) is 11.7. The summed E-state index contributed by atoms with van der Waals surface area (Å²) in [5, 5.41) is 0. The zero-order valence-electron chi connectivity index (χ0n) is 17.4. The zero-order chi connectivity index (χ0) is 21.3. The van der Waals surface area contributed by atoms with Gasteiger partial charge in [-0.05, 0) is 44.9 Å². The van der Waals surface area contributed by atoms with Gasteiger partial charge in [0.1, 0.15) is 25.4 Å². The van der Waals surface area contributed by atoms with Crippen LogP contribution in [-0.4, -0.2) is 51.4 Å². The summed E-state index contributed by atoms with van der Waals surface area (Å²) in [6.45, 7) is 5.08. The van der Waals surface area contributed by atoms with Crippen LogP contribution in [0.4, 0.5) is 0 Å². The number of hydrogen-bond donors (Lipinski definition) is 1. The van der Waals surface area contributed by atoms with E-state index in [9.17, 15) is 9.59 Å². The van der Waals surface area contributed by atoms with Gasteiger partial charge in [0.15, 0.2) is 0 Å². The highest BCUT2D eigenvalue weighted by molar-refractivity contribution is 5.89. The van der Waals surface area contributed by atoms with E-state index < -0.39 is 12.2 Å². The van der Waals surface area contributed by atoms with Gasteiger partial charge in [-0.25, -0.2) is 4.79 Å². The maximum absolute atomic E-state index is 11.7. The number of carbonyl (C=O) groups is 2. The molecule has 1 unspecified atom stereocenters. The van der Waals surface area contributed by atoms with Gasteiger partial charge in [-0.2, -0.15) is 0 Å². The molecule has 8 nitrogen and oxygen atoms in total. The molecule has 1 atom stereocenters. The Morgan fingerprint density at radius 3 is 2.55 bits per heavy atom. The summed E-state index contributed by atoms with van der Waals surface area (Å²) in [5.41, 5.74) is 6.26.